The summed E-state index contributed by atoms with van der Waals surface area (Å²) < 4.78 is 16.9. The van der Waals surface area contributed by atoms with Crippen molar-refractivity contribution in [2.75, 3.05) is 33.4 Å². The molecule has 9 nitrogen and oxygen atoms in total. The molecule has 0 saturated carbocycles. The van der Waals surface area contributed by atoms with Crippen molar-refractivity contribution >= 4 is 23.9 Å². The van der Waals surface area contributed by atoms with E-state index in [0.717, 1.165) is 35.2 Å². The first kappa shape index (κ1) is 26.2. The summed E-state index contributed by atoms with van der Waals surface area (Å²) >= 11 is 0. The second kappa shape index (κ2) is 11.9. The average Bonchev–Trinajstić information content (AvgIpc) is 2.90. The van der Waals surface area contributed by atoms with Crippen molar-refractivity contribution in [1.29, 1.82) is 0 Å². The van der Waals surface area contributed by atoms with Crippen molar-refractivity contribution in [2.45, 2.75) is 38.5 Å². The van der Waals surface area contributed by atoms with Gasteiger partial charge >= 0.3 is 6.09 Å². The van der Waals surface area contributed by atoms with Gasteiger partial charge in [-0.3, -0.25) is 14.5 Å². The molecule has 0 spiro atoms. The molecule has 2 aliphatic heterocycles. The Morgan fingerprint density at radius 3 is 2.51 bits per heavy atom. The number of methoxy groups -OCH3 is 1. The topological polar surface area (TPSA) is 106 Å². The highest BCUT2D eigenvalue weighted by Crippen LogP contribution is 2.38. The highest BCUT2D eigenvalue weighted by molar-refractivity contribution is 5.92. The third-order valence-corrected chi connectivity index (χ3v) is 6.85. The molecule has 2 heterocycles. The lowest BCUT2D eigenvalue weighted by atomic mass is 9.82. The van der Waals surface area contributed by atoms with Crippen LogP contribution in [-0.2, 0) is 20.9 Å². The summed E-state index contributed by atoms with van der Waals surface area (Å²) in [5.41, 5.74) is 3.08. The van der Waals surface area contributed by atoms with Crippen molar-refractivity contribution in [2.24, 2.45) is 0 Å². The van der Waals surface area contributed by atoms with Gasteiger partial charge in [0.05, 0.1) is 39.0 Å². The maximum atomic E-state index is 12.1. The van der Waals surface area contributed by atoms with E-state index in [4.69, 9.17) is 14.2 Å². The van der Waals surface area contributed by atoms with Crippen LogP contribution in [0.4, 0.5) is 4.79 Å². The van der Waals surface area contributed by atoms with Gasteiger partial charge in [0.2, 0.25) is 5.91 Å². The Bertz CT molecular complexity index is 1160. The van der Waals surface area contributed by atoms with Crippen molar-refractivity contribution < 1.29 is 33.7 Å². The molecule has 37 heavy (non-hydrogen) atoms. The number of nitrogens with zero attached hydrogens (tertiary/aromatic N) is 2. The zero-order chi connectivity index (χ0) is 26.4. The number of carbonyl (C=O) groups is 3. The molecule has 2 aromatic rings. The maximum absolute atomic E-state index is 12.1. The van der Waals surface area contributed by atoms with Gasteiger partial charge in [0.15, 0.2) is 0 Å². The molecular weight excluding hydrogens is 476 g/mol. The number of amides is 2. The zero-order valence-electron chi connectivity index (χ0n) is 21.1. The molecule has 1 fully saturated rings. The lowest BCUT2D eigenvalue weighted by molar-refractivity contribution is -0.133. The molecule has 0 aromatic heterocycles. The Morgan fingerprint density at radius 2 is 1.84 bits per heavy atom. The number of hydrogen-bond donors (Lipinski definition) is 1. The molecule has 2 bridgehead atoms. The number of benzene rings is 2. The fraction of sp³-hybridized carbons (Fsp3) is 0.393. The number of ether oxygens (including phenoxy) is 3. The molecule has 0 unspecified atom stereocenters. The summed E-state index contributed by atoms with van der Waals surface area (Å²) in [5.74, 6) is 1.38. The van der Waals surface area contributed by atoms with Gasteiger partial charge < -0.3 is 24.2 Å². The number of rotatable bonds is 10. The monoisotopic (exact) mass is 508 g/mol. The van der Waals surface area contributed by atoms with Gasteiger partial charge in [-0.05, 0) is 35.8 Å². The summed E-state index contributed by atoms with van der Waals surface area (Å²) in [6.45, 7) is 3.46. The second-order valence-corrected chi connectivity index (χ2v) is 9.13. The molecule has 2 amide bonds. The van der Waals surface area contributed by atoms with E-state index in [2.05, 4.69) is 0 Å². The normalized spacial score (nSPS) is 19.0. The van der Waals surface area contributed by atoms with E-state index < -0.39 is 18.2 Å². The van der Waals surface area contributed by atoms with E-state index in [9.17, 15) is 19.5 Å². The molecule has 1 N–H and O–H groups in total. The maximum Gasteiger partial charge on any atom is 0.408 e. The molecule has 9 heteroatoms. The van der Waals surface area contributed by atoms with E-state index in [1.165, 1.54) is 11.8 Å². The third kappa shape index (κ3) is 5.94. The first-order chi connectivity index (χ1) is 17.9. The first-order valence-electron chi connectivity index (χ1n) is 12.3. The highest BCUT2D eigenvalue weighted by atomic mass is 16.5. The molecule has 196 valence electrons. The molecule has 2 atom stereocenters. The first-order valence-corrected chi connectivity index (χ1v) is 12.3. The van der Waals surface area contributed by atoms with E-state index in [1.54, 1.807) is 12.0 Å². The van der Waals surface area contributed by atoms with E-state index in [0.29, 0.717) is 44.1 Å². The third-order valence-electron chi connectivity index (χ3n) is 6.85. The van der Waals surface area contributed by atoms with Gasteiger partial charge in [-0.15, -0.1) is 0 Å². The van der Waals surface area contributed by atoms with Crippen molar-refractivity contribution in [3.63, 3.8) is 0 Å². The van der Waals surface area contributed by atoms with Crippen LogP contribution >= 0.6 is 0 Å². The number of fused-ring (bicyclic) bond motifs is 2. The second-order valence-electron chi connectivity index (χ2n) is 9.13. The number of piperazine rings is 1. The van der Waals surface area contributed by atoms with E-state index in [-0.39, 0.29) is 12.5 Å². The number of carboxylic acid groups (broad SMARTS) is 1. The standard InChI is InChI=1S/C28H32N2O7/c1-19(32)29-15-22-14-24(25(17-31)26(16-29)30(22)28(33)34)20-8-10-23(11-9-20)37-13-5-12-36-18-21-6-3-4-7-27(21)35-2/h3-4,6-11,17,22,26H,5,12-16,18H2,1-2H3,(H,33,34)/t22-,26-/m1/s1. The Balaban J connectivity index is 1.35. The van der Waals surface area contributed by atoms with Gasteiger partial charge in [-0.2, -0.15) is 0 Å². The van der Waals surface area contributed by atoms with Gasteiger partial charge in [-0.25, -0.2) is 4.79 Å². The number of para-hydroxylation sites is 1. The fourth-order valence-electron chi connectivity index (χ4n) is 5.02. The molecule has 2 aromatic carbocycles. The summed E-state index contributed by atoms with van der Waals surface area (Å²) in [6, 6.07) is 14.2. The summed E-state index contributed by atoms with van der Waals surface area (Å²) in [7, 11) is 1.64. The lowest BCUT2D eigenvalue weighted by Gasteiger charge is -2.49. The molecule has 1 saturated heterocycles. The van der Waals surface area contributed by atoms with Gasteiger partial charge in [0, 0.05) is 37.6 Å². The summed E-state index contributed by atoms with van der Waals surface area (Å²) in [4.78, 5) is 38.9. The smallest absolute Gasteiger partial charge is 0.408 e. The fourth-order valence-corrected chi connectivity index (χ4v) is 5.02. The molecular formula is C28H32N2O7. The summed E-state index contributed by atoms with van der Waals surface area (Å²) in [5, 5.41) is 9.75. The Labute approximate surface area is 216 Å². The average molecular weight is 509 g/mol. The van der Waals surface area contributed by atoms with Crippen LogP contribution < -0.4 is 9.47 Å². The largest absolute Gasteiger partial charge is 0.496 e. The Hall–Kier alpha value is -3.85. The van der Waals surface area contributed by atoms with Crippen molar-refractivity contribution in [1.82, 2.24) is 9.80 Å². The van der Waals surface area contributed by atoms with Gasteiger partial charge in [0.1, 0.15) is 17.8 Å². The Kier molecular flexibility index (Phi) is 8.45. The van der Waals surface area contributed by atoms with E-state index >= 15 is 0 Å². The van der Waals surface area contributed by atoms with Crippen LogP contribution in [0.25, 0.3) is 5.57 Å². The van der Waals surface area contributed by atoms with Crippen LogP contribution in [0.1, 0.15) is 30.9 Å². The minimum Gasteiger partial charge on any atom is -0.496 e. The highest BCUT2D eigenvalue weighted by Gasteiger charge is 2.45. The van der Waals surface area contributed by atoms with Gasteiger partial charge in [0.25, 0.3) is 0 Å². The number of hydrogen-bond acceptors (Lipinski definition) is 6. The number of aldehydes is 1. The predicted octanol–water partition coefficient (Wildman–Crippen LogP) is 3.62. The zero-order valence-corrected chi connectivity index (χ0v) is 21.1. The summed E-state index contributed by atoms with van der Waals surface area (Å²) in [6.07, 6.45) is 0.737. The van der Waals surface area contributed by atoms with Crippen LogP contribution in [0.15, 0.2) is 54.1 Å². The van der Waals surface area contributed by atoms with Crippen LogP contribution in [-0.4, -0.2) is 78.7 Å². The van der Waals surface area contributed by atoms with Crippen LogP contribution in [0.5, 0.6) is 11.5 Å². The van der Waals surface area contributed by atoms with Crippen molar-refractivity contribution in [3.8, 4) is 11.5 Å². The minimum atomic E-state index is -1.08. The van der Waals surface area contributed by atoms with E-state index in [1.807, 2.05) is 48.5 Å². The number of carbonyl (C=O) groups excluding carboxylic acids is 2. The minimum absolute atomic E-state index is 0.125. The quantitative estimate of drug-likeness (QED) is 0.386. The van der Waals surface area contributed by atoms with Gasteiger partial charge in [-0.1, -0.05) is 30.3 Å². The molecule has 4 rings (SSSR count). The van der Waals surface area contributed by atoms with Crippen LogP contribution in [0, 0.1) is 0 Å². The molecule has 0 aliphatic carbocycles. The SMILES string of the molecule is COc1ccccc1COCCCOc1ccc(C2=C(C=O)[C@H]3CN(C(C)=O)C[C@@H](C2)N3C(=O)O)cc1. The molecule has 0 radical (unpaired) electrons. The van der Waals surface area contributed by atoms with Crippen LogP contribution in [0.3, 0.4) is 0 Å². The molecule has 2 aliphatic rings. The van der Waals surface area contributed by atoms with Crippen molar-refractivity contribution in [3.05, 3.63) is 65.2 Å². The Morgan fingerprint density at radius 1 is 1.08 bits per heavy atom. The lowest BCUT2D eigenvalue weighted by Crippen LogP contribution is -2.63. The van der Waals surface area contributed by atoms with Crippen LogP contribution in [0.2, 0.25) is 0 Å². The predicted molar refractivity (Wildman–Crippen MR) is 136 cm³/mol.